The summed E-state index contributed by atoms with van der Waals surface area (Å²) in [5.74, 6) is 1.60. The maximum Gasteiger partial charge on any atom is 0.134 e. The zero-order valence-corrected chi connectivity index (χ0v) is 34.9. The van der Waals surface area contributed by atoms with Crippen LogP contribution in [-0.2, 0) is 5.41 Å². The van der Waals surface area contributed by atoms with Crippen LogP contribution in [0, 0.1) is 0 Å². The van der Waals surface area contributed by atoms with Crippen molar-refractivity contribution in [3.05, 3.63) is 235 Å². The molecule has 2 aliphatic rings. The summed E-state index contributed by atoms with van der Waals surface area (Å²) < 4.78 is 14.4. The van der Waals surface area contributed by atoms with E-state index in [4.69, 9.17) is 14.7 Å². The molecule has 0 atom stereocenters. The maximum atomic E-state index is 7.30. The van der Waals surface area contributed by atoms with Crippen LogP contribution >= 0.6 is 0 Å². The lowest BCUT2D eigenvalue weighted by molar-refractivity contribution is 0.436. The van der Waals surface area contributed by atoms with Crippen molar-refractivity contribution in [2.45, 2.75) is 5.41 Å². The highest BCUT2D eigenvalue weighted by molar-refractivity contribution is 6.13. The average Bonchev–Trinajstić information content (AvgIpc) is 4.08. The van der Waals surface area contributed by atoms with Gasteiger partial charge in [0.1, 0.15) is 11.5 Å². The van der Waals surface area contributed by atoms with Gasteiger partial charge in [0.15, 0.2) is 0 Å². The number of hydrogen-bond donors (Lipinski definition) is 0. The first-order valence-electron chi connectivity index (χ1n) is 22.1. The Morgan fingerprint density at radius 1 is 0.308 bits per heavy atom. The lowest BCUT2D eigenvalue weighted by Gasteiger charge is -2.39. The first-order valence-corrected chi connectivity index (χ1v) is 22.1. The Balaban J connectivity index is 0.970. The van der Waals surface area contributed by atoms with E-state index in [-0.39, 0.29) is 0 Å². The Kier molecular flexibility index (Phi) is 6.79. The van der Waals surface area contributed by atoms with Crippen molar-refractivity contribution in [2.75, 3.05) is 0 Å². The van der Waals surface area contributed by atoms with E-state index >= 15 is 0 Å². The van der Waals surface area contributed by atoms with Crippen molar-refractivity contribution in [2.24, 2.45) is 0 Å². The van der Waals surface area contributed by atoms with E-state index in [0.717, 1.165) is 84.3 Å². The van der Waals surface area contributed by atoms with Gasteiger partial charge in [0.25, 0.3) is 0 Å². The van der Waals surface area contributed by atoms with Crippen LogP contribution in [0.25, 0.3) is 93.9 Å². The fourth-order valence-electron chi connectivity index (χ4n) is 11.7. The van der Waals surface area contributed by atoms with Gasteiger partial charge in [-0.2, -0.15) is 0 Å². The van der Waals surface area contributed by atoms with Gasteiger partial charge in [0.05, 0.1) is 49.9 Å². The number of aromatic nitrogens is 5. The van der Waals surface area contributed by atoms with Gasteiger partial charge in [0, 0.05) is 85.0 Å². The van der Waals surface area contributed by atoms with Gasteiger partial charge in [-0.25, -0.2) is 0 Å². The summed E-state index contributed by atoms with van der Waals surface area (Å²) in [4.78, 5) is 9.99. The molecular weight excluding hydrogens is 795 g/mol. The predicted molar refractivity (Wildman–Crippen MR) is 262 cm³/mol. The van der Waals surface area contributed by atoms with Crippen LogP contribution in [-0.4, -0.2) is 23.7 Å². The number of rotatable bonds is 3. The van der Waals surface area contributed by atoms with Gasteiger partial charge in [-0.05, 0) is 83.9 Å². The lowest BCUT2D eigenvalue weighted by atomic mass is 9.66. The summed E-state index contributed by atoms with van der Waals surface area (Å²) in [5.41, 5.74) is 15.6. The van der Waals surface area contributed by atoms with Crippen LogP contribution in [0.4, 0.5) is 0 Å². The quantitative estimate of drug-likeness (QED) is 0.178. The Bertz CT molecular complexity index is 4040. The molecule has 8 aromatic carbocycles. The van der Waals surface area contributed by atoms with Gasteiger partial charge >= 0.3 is 0 Å². The lowest BCUT2D eigenvalue weighted by Crippen LogP contribution is -2.32. The summed E-state index contributed by atoms with van der Waals surface area (Å²) >= 11 is 0. The second-order valence-electron chi connectivity index (χ2n) is 17.3. The third-order valence-corrected chi connectivity index (χ3v) is 14.2. The van der Waals surface area contributed by atoms with Gasteiger partial charge < -0.3 is 18.4 Å². The second kappa shape index (κ2) is 12.7. The van der Waals surface area contributed by atoms with Crippen LogP contribution in [0.3, 0.4) is 0 Å². The molecule has 0 saturated carbocycles. The van der Waals surface area contributed by atoms with E-state index in [1.165, 1.54) is 43.4 Å². The maximum absolute atomic E-state index is 7.30. The third-order valence-electron chi connectivity index (χ3n) is 14.2. The highest BCUT2D eigenvalue weighted by Crippen LogP contribution is 2.61. The smallest absolute Gasteiger partial charge is 0.134 e. The number of pyridine rings is 2. The fourth-order valence-corrected chi connectivity index (χ4v) is 11.7. The largest absolute Gasteiger partial charge is 0.457 e. The Labute approximate surface area is 372 Å². The number of benzene rings is 8. The highest BCUT2D eigenvalue weighted by Gasteiger charge is 2.52. The van der Waals surface area contributed by atoms with Gasteiger partial charge in [-0.1, -0.05) is 115 Å². The zero-order valence-electron chi connectivity index (χ0n) is 34.9. The summed E-state index contributed by atoms with van der Waals surface area (Å²) in [7, 11) is 0. The Morgan fingerprint density at radius 2 is 0.662 bits per heavy atom. The molecule has 6 heterocycles. The molecule has 302 valence electrons. The molecule has 0 bridgehead atoms. The van der Waals surface area contributed by atoms with E-state index in [2.05, 4.69) is 202 Å². The SMILES string of the molecule is c1cnc2c(c1)C1(c3ccc(-n4c5ccccc5c5ccccc54)cc3Oc3cc(-n4c5ccccc5c5cc(-n6c7ccccc7c7ccccc76)ccc54)ccc31)c1cccnc1-2. The minimum absolute atomic E-state index is 0.716. The summed E-state index contributed by atoms with van der Waals surface area (Å²) in [6.07, 6.45) is 3.75. The number of ether oxygens (including phenoxy) is 1. The van der Waals surface area contributed by atoms with Gasteiger partial charge in [-0.3, -0.25) is 9.97 Å². The zero-order chi connectivity index (χ0) is 42.4. The number of hydrogen-bond acceptors (Lipinski definition) is 3. The summed E-state index contributed by atoms with van der Waals surface area (Å²) in [6.45, 7) is 0. The fraction of sp³-hybridized carbons (Fsp3) is 0.0169. The molecule has 0 radical (unpaired) electrons. The van der Waals surface area contributed by atoms with Crippen LogP contribution < -0.4 is 4.74 Å². The van der Waals surface area contributed by atoms with Gasteiger partial charge in [0.2, 0.25) is 0 Å². The van der Waals surface area contributed by atoms with E-state index in [1.54, 1.807) is 0 Å². The molecule has 1 spiro atoms. The molecule has 13 aromatic rings. The minimum Gasteiger partial charge on any atom is -0.457 e. The van der Waals surface area contributed by atoms with E-state index in [0.29, 0.717) is 0 Å². The molecule has 0 amide bonds. The number of fused-ring (bicyclic) bond motifs is 18. The molecule has 6 nitrogen and oxygen atoms in total. The third kappa shape index (κ3) is 4.47. The van der Waals surface area contributed by atoms with Crippen LogP contribution in [0.1, 0.15) is 22.3 Å². The van der Waals surface area contributed by atoms with Crippen molar-refractivity contribution in [1.29, 1.82) is 0 Å². The topological polar surface area (TPSA) is 49.8 Å². The number of nitrogens with zero attached hydrogens (tertiary/aromatic N) is 5. The van der Waals surface area contributed by atoms with Gasteiger partial charge in [-0.15, -0.1) is 0 Å². The molecule has 15 rings (SSSR count). The van der Waals surface area contributed by atoms with Crippen molar-refractivity contribution in [3.8, 4) is 39.9 Å². The molecule has 5 aromatic heterocycles. The Morgan fingerprint density at radius 3 is 1.09 bits per heavy atom. The predicted octanol–water partition coefficient (Wildman–Crippen LogP) is 14.2. The summed E-state index contributed by atoms with van der Waals surface area (Å²) in [6, 6.07) is 72.4. The first-order chi connectivity index (χ1) is 32.3. The summed E-state index contributed by atoms with van der Waals surface area (Å²) in [5, 5.41) is 7.32. The highest BCUT2D eigenvalue weighted by atomic mass is 16.5. The second-order valence-corrected chi connectivity index (χ2v) is 17.3. The average molecular weight is 830 g/mol. The Hall–Kier alpha value is -8.74. The molecular formula is C59H35N5O. The molecule has 6 heteroatoms. The van der Waals surface area contributed by atoms with E-state index < -0.39 is 5.41 Å². The monoisotopic (exact) mass is 829 g/mol. The minimum atomic E-state index is -0.716. The normalized spacial score (nSPS) is 13.5. The molecule has 65 heavy (non-hydrogen) atoms. The van der Waals surface area contributed by atoms with Crippen molar-refractivity contribution in [3.63, 3.8) is 0 Å². The molecule has 0 saturated heterocycles. The first kappa shape index (κ1) is 34.8. The van der Waals surface area contributed by atoms with Crippen molar-refractivity contribution < 1.29 is 4.74 Å². The molecule has 0 fully saturated rings. The molecule has 1 aliphatic carbocycles. The van der Waals surface area contributed by atoms with Crippen molar-refractivity contribution >= 4 is 65.4 Å². The molecule has 0 N–H and O–H groups in total. The van der Waals surface area contributed by atoms with Crippen LogP contribution in [0.2, 0.25) is 0 Å². The van der Waals surface area contributed by atoms with Crippen LogP contribution in [0.15, 0.2) is 213 Å². The molecule has 1 aliphatic heterocycles. The van der Waals surface area contributed by atoms with E-state index in [1.807, 2.05) is 24.5 Å². The molecule has 0 unspecified atom stereocenters. The van der Waals surface area contributed by atoms with Crippen LogP contribution in [0.5, 0.6) is 11.5 Å². The number of para-hydroxylation sites is 5. The van der Waals surface area contributed by atoms with Crippen molar-refractivity contribution in [1.82, 2.24) is 23.7 Å². The van der Waals surface area contributed by atoms with E-state index in [9.17, 15) is 0 Å². The standard InChI is InChI=1S/C59H35N5O/c1-6-20-49-39(13-1)40-14-2-7-21-50(40)62(49)36-27-30-54-44(33-36)43-17-5-10-24-53(43)64(54)38-26-29-46-56(35-38)65-55-34-37(63-51-22-8-3-15-41(51)42-16-4-9-23-52(42)63)25-28-45(55)59(46)47-18-11-31-60-57(47)58-48(59)19-12-32-61-58/h1-35H.